The molecule has 222 valence electrons. The lowest BCUT2D eigenvalue weighted by atomic mass is 9.97. The zero-order valence-electron chi connectivity index (χ0n) is 25.8. The minimum absolute atomic E-state index is 0.358. The maximum Gasteiger partial charge on any atom is 0.101 e. The first kappa shape index (κ1) is 27.4. The molecular formula is C44H26N4. The van der Waals surface area contributed by atoms with Crippen molar-refractivity contribution < 1.29 is 0 Å². The van der Waals surface area contributed by atoms with Crippen molar-refractivity contribution in [3.05, 3.63) is 169 Å². The quantitative estimate of drug-likeness (QED) is 0.199. The van der Waals surface area contributed by atoms with Gasteiger partial charge in [0.15, 0.2) is 0 Å². The Labute approximate surface area is 277 Å². The molecule has 0 spiro atoms. The summed E-state index contributed by atoms with van der Waals surface area (Å²) in [7, 11) is 0. The molecule has 9 aromatic rings. The van der Waals surface area contributed by atoms with Crippen LogP contribution in [-0.4, -0.2) is 9.13 Å². The number of benzene rings is 7. The van der Waals surface area contributed by atoms with Crippen LogP contribution in [0.3, 0.4) is 0 Å². The second-order valence-corrected chi connectivity index (χ2v) is 12.0. The zero-order valence-corrected chi connectivity index (χ0v) is 25.8. The van der Waals surface area contributed by atoms with Crippen molar-refractivity contribution in [2.75, 3.05) is 0 Å². The summed E-state index contributed by atoms with van der Waals surface area (Å²) >= 11 is 0. The van der Waals surface area contributed by atoms with E-state index in [0.29, 0.717) is 11.1 Å². The third-order valence-electron chi connectivity index (χ3n) is 9.40. The third kappa shape index (κ3) is 4.14. The fraction of sp³-hybridized carbons (Fsp3) is 0. The lowest BCUT2D eigenvalue weighted by Gasteiger charge is -2.15. The van der Waals surface area contributed by atoms with E-state index in [-0.39, 0.29) is 0 Å². The summed E-state index contributed by atoms with van der Waals surface area (Å²) < 4.78 is 4.58. The first-order chi connectivity index (χ1) is 23.7. The van der Waals surface area contributed by atoms with Crippen LogP contribution in [0.5, 0.6) is 0 Å². The largest absolute Gasteiger partial charge is 0.309 e. The fourth-order valence-electron chi connectivity index (χ4n) is 7.22. The van der Waals surface area contributed by atoms with Crippen molar-refractivity contribution in [2.24, 2.45) is 0 Å². The van der Waals surface area contributed by atoms with E-state index in [1.165, 1.54) is 16.3 Å². The molecule has 7 aromatic carbocycles. The third-order valence-corrected chi connectivity index (χ3v) is 9.40. The number of nitriles is 2. The van der Waals surface area contributed by atoms with Crippen molar-refractivity contribution in [1.82, 2.24) is 9.13 Å². The summed E-state index contributed by atoms with van der Waals surface area (Å²) in [5.41, 5.74) is 11.3. The van der Waals surface area contributed by atoms with E-state index >= 15 is 0 Å². The summed E-state index contributed by atoms with van der Waals surface area (Å²) in [6.45, 7) is 0. The molecule has 0 amide bonds. The normalized spacial score (nSPS) is 11.3. The van der Waals surface area contributed by atoms with Crippen molar-refractivity contribution >= 4 is 43.6 Å². The van der Waals surface area contributed by atoms with Crippen LogP contribution in [0, 0.1) is 22.7 Å². The minimum atomic E-state index is 0.358. The predicted octanol–water partition coefficient (Wildman–Crippen LogP) is 11.0. The Morgan fingerprint density at radius 1 is 0.375 bits per heavy atom. The van der Waals surface area contributed by atoms with Gasteiger partial charge >= 0.3 is 0 Å². The van der Waals surface area contributed by atoms with E-state index in [1.54, 1.807) is 0 Å². The Balaban J connectivity index is 1.29. The number of para-hydroxylation sites is 3. The standard InChI is InChI=1S/C44H26N4/c45-27-32-24-38(29-11-3-1-4-12-29)44(26-33(32)28-46)48-41-18-10-8-16-36(41)39-23-30(20-22-42(39)48)31-19-21-37-35-15-7-9-17-40(35)47(43(37)25-31)34-13-5-2-6-14-34/h1-26H. The average Bonchev–Trinajstić information content (AvgIpc) is 3.67. The van der Waals surface area contributed by atoms with E-state index in [9.17, 15) is 10.5 Å². The Kier molecular flexibility index (Phi) is 6.22. The summed E-state index contributed by atoms with van der Waals surface area (Å²) in [4.78, 5) is 0. The Morgan fingerprint density at radius 2 is 0.917 bits per heavy atom. The van der Waals surface area contributed by atoms with Gasteiger partial charge in [0.1, 0.15) is 12.1 Å². The molecule has 9 rings (SSSR count). The molecule has 0 fully saturated rings. The highest BCUT2D eigenvalue weighted by Gasteiger charge is 2.19. The van der Waals surface area contributed by atoms with E-state index in [1.807, 2.05) is 48.5 Å². The van der Waals surface area contributed by atoms with Gasteiger partial charge in [-0.15, -0.1) is 0 Å². The molecule has 4 nitrogen and oxygen atoms in total. The van der Waals surface area contributed by atoms with E-state index < -0.39 is 0 Å². The van der Waals surface area contributed by atoms with Gasteiger partial charge < -0.3 is 9.13 Å². The highest BCUT2D eigenvalue weighted by molar-refractivity contribution is 6.12. The minimum Gasteiger partial charge on any atom is -0.309 e. The second kappa shape index (κ2) is 10.9. The van der Waals surface area contributed by atoms with Gasteiger partial charge in [0.25, 0.3) is 0 Å². The summed E-state index contributed by atoms with van der Waals surface area (Å²) in [5.74, 6) is 0. The topological polar surface area (TPSA) is 57.4 Å². The van der Waals surface area contributed by atoms with Gasteiger partial charge in [0, 0.05) is 32.8 Å². The predicted molar refractivity (Wildman–Crippen MR) is 195 cm³/mol. The van der Waals surface area contributed by atoms with Gasteiger partial charge in [0.2, 0.25) is 0 Å². The Bertz CT molecular complexity index is 2790. The summed E-state index contributed by atoms with van der Waals surface area (Å²) in [5, 5.41) is 24.6. The SMILES string of the molecule is N#Cc1cc(-c2ccccc2)c(-n2c3ccccc3c3cc(-c4ccc5c6ccccc6n(-c6ccccc6)c5c4)ccc32)cc1C#N. The maximum absolute atomic E-state index is 10.0. The molecule has 0 aliphatic heterocycles. The lowest BCUT2D eigenvalue weighted by Crippen LogP contribution is -2.00. The van der Waals surface area contributed by atoms with Crippen LogP contribution in [0.1, 0.15) is 11.1 Å². The van der Waals surface area contributed by atoms with Crippen LogP contribution in [0.2, 0.25) is 0 Å². The van der Waals surface area contributed by atoms with Gasteiger partial charge in [-0.1, -0.05) is 103 Å². The molecule has 0 saturated heterocycles. The molecule has 2 aromatic heterocycles. The van der Waals surface area contributed by atoms with Crippen molar-refractivity contribution in [1.29, 1.82) is 10.5 Å². The van der Waals surface area contributed by atoms with Crippen LogP contribution in [0.25, 0.3) is 77.2 Å². The molecule has 48 heavy (non-hydrogen) atoms. The van der Waals surface area contributed by atoms with Gasteiger partial charge in [-0.25, -0.2) is 0 Å². The Morgan fingerprint density at radius 3 is 1.65 bits per heavy atom. The van der Waals surface area contributed by atoms with Crippen LogP contribution in [0.15, 0.2) is 158 Å². The van der Waals surface area contributed by atoms with Gasteiger partial charge in [-0.2, -0.15) is 10.5 Å². The Hall–Kier alpha value is -6.88. The zero-order chi connectivity index (χ0) is 32.2. The number of hydrogen-bond donors (Lipinski definition) is 0. The lowest BCUT2D eigenvalue weighted by molar-refractivity contribution is 1.17. The fourth-order valence-corrected chi connectivity index (χ4v) is 7.22. The molecular weight excluding hydrogens is 585 g/mol. The number of hydrogen-bond acceptors (Lipinski definition) is 2. The summed E-state index contributed by atoms with van der Waals surface area (Å²) in [6.07, 6.45) is 0. The van der Waals surface area contributed by atoms with Crippen LogP contribution < -0.4 is 0 Å². The molecule has 0 radical (unpaired) electrons. The first-order valence-corrected chi connectivity index (χ1v) is 15.9. The van der Waals surface area contributed by atoms with Gasteiger partial charge in [-0.3, -0.25) is 0 Å². The van der Waals surface area contributed by atoms with E-state index in [2.05, 4.69) is 130 Å². The van der Waals surface area contributed by atoms with Crippen LogP contribution in [-0.2, 0) is 0 Å². The maximum atomic E-state index is 10.0. The second-order valence-electron chi connectivity index (χ2n) is 12.0. The smallest absolute Gasteiger partial charge is 0.101 e. The van der Waals surface area contributed by atoms with Crippen molar-refractivity contribution in [2.45, 2.75) is 0 Å². The van der Waals surface area contributed by atoms with Crippen LogP contribution >= 0.6 is 0 Å². The molecule has 0 N–H and O–H groups in total. The molecule has 0 aliphatic rings. The molecule has 0 saturated carbocycles. The first-order valence-electron chi connectivity index (χ1n) is 15.9. The van der Waals surface area contributed by atoms with E-state index in [0.717, 1.165) is 61.0 Å². The van der Waals surface area contributed by atoms with E-state index in [4.69, 9.17) is 0 Å². The molecule has 0 aliphatic carbocycles. The van der Waals surface area contributed by atoms with Crippen molar-refractivity contribution in [3.8, 4) is 45.8 Å². The monoisotopic (exact) mass is 610 g/mol. The number of aromatic nitrogens is 2. The van der Waals surface area contributed by atoms with Gasteiger partial charge in [-0.05, 0) is 71.3 Å². The number of fused-ring (bicyclic) bond motifs is 6. The molecule has 0 bridgehead atoms. The molecule has 0 unspecified atom stereocenters. The molecule has 4 heteroatoms. The highest BCUT2D eigenvalue weighted by Crippen LogP contribution is 2.40. The van der Waals surface area contributed by atoms with Crippen LogP contribution in [0.4, 0.5) is 0 Å². The summed E-state index contributed by atoms with van der Waals surface area (Å²) in [6, 6.07) is 59.2. The molecule has 2 heterocycles. The van der Waals surface area contributed by atoms with Crippen molar-refractivity contribution in [3.63, 3.8) is 0 Å². The molecule has 0 atom stereocenters. The number of nitrogens with zero attached hydrogens (tertiary/aromatic N) is 4. The average molecular weight is 611 g/mol. The van der Waals surface area contributed by atoms with Gasteiger partial charge in [0.05, 0.1) is 38.9 Å². The highest BCUT2D eigenvalue weighted by atomic mass is 15.0. The number of rotatable bonds is 4.